The minimum Gasteiger partial charge on any atom is -0.379 e. The molecule has 6 saturated heterocycles. The molecule has 6 heterocycles. The van der Waals surface area contributed by atoms with Crippen molar-refractivity contribution in [2.75, 3.05) is 139 Å². The highest BCUT2D eigenvalue weighted by Crippen LogP contribution is 2.42. The first-order chi connectivity index (χ1) is 18.3. The van der Waals surface area contributed by atoms with E-state index in [-0.39, 0.29) is 9.99 Å². The summed E-state index contributed by atoms with van der Waals surface area (Å²) in [5.41, 5.74) is 0. The number of hydroxylamine groups is 4. The van der Waals surface area contributed by atoms with Gasteiger partial charge in [-0.2, -0.15) is 33.7 Å². The number of morpholine rings is 2. The van der Waals surface area contributed by atoms with Gasteiger partial charge in [-0.15, -0.1) is 23.5 Å². The topological polar surface area (TPSA) is 47.1 Å². The number of ether oxygens (including phenoxy) is 2. The van der Waals surface area contributed by atoms with Crippen molar-refractivity contribution >= 4 is 47.0 Å². The normalized spacial score (nSPS) is 37.6. The largest absolute Gasteiger partial charge is 0.379 e. The zero-order valence-electron chi connectivity index (χ0n) is 22.1. The van der Waals surface area contributed by atoms with Crippen LogP contribution in [0, 0.1) is 0 Å². The summed E-state index contributed by atoms with van der Waals surface area (Å²) >= 11 is 8.48. The van der Waals surface area contributed by atoms with Gasteiger partial charge in [0.2, 0.25) is 0 Å². The van der Waals surface area contributed by atoms with Crippen LogP contribution in [-0.4, -0.2) is 179 Å². The second-order valence-electron chi connectivity index (χ2n) is 10.4. The number of hydrogen-bond donors (Lipinski definition) is 0. The lowest BCUT2D eigenvalue weighted by molar-refractivity contribution is -0.341. The molecule has 6 rings (SSSR count). The van der Waals surface area contributed by atoms with Crippen molar-refractivity contribution in [1.82, 2.24) is 29.7 Å². The van der Waals surface area contributed by atoms with E-state index >= 15 is 0 Å². The van der Waals surface area contributed by atoms with E-state index in [2.05, 4.69) is 76.8 Å². The highest BCUT2D eigenvalue weighted by molar-refractivity contribution is 8.01. The summed E-state index contributed by atoms with van der Waals surface area (Å²) < 4.78 is 11.5. The minimum absolute atomic E-state index is 0.0149. The lowest BCUT2D eigenvalue weighted by Gasteiger charge is -2.57. The average molecular weight is 593 g/mol. The van der Waals surface area contributed by atoms with Gasteiger partial charge >= 0.3 is 0 Å². The standard InChI is InChI=1S/C24H44N6O3S4/c1-11-31-12-2-25(1)23(27-5-15-34-16-6-27)21-29(9-19-36-23)33-30-10-20-37-24(22-30,26-3-13-32-14-4-26)28-7-17-35-18-8-28/h1-22H2. The van der Waals surface area contributed by atoms with Crippen LogP contribution in [0.4, 0.5) is 0 Å². The summed E-state index contributed by atoms with van der Waals surface area (Å²) in [6.07, 6.45) is 0. The molecule has 0 aromatic carbocycles. The molecule has 6 aliphatic heterocycles. The van der Waals surface area contributed by atoms with Gasteiger partial charge in [0.1, 0.15) is 9.99 Å². The number of rotatable bonds is 6. The van der Waals surface area contributed by atoms with Crippen molar-refractivity contribution in [3.8, 4) is 0 Å². The highest BCUT2D eigenvalue weighted by atomic mass is 32.2. The second kappa shape index (κ2) is 13.3. The number of nitrogens with zero attached hydrogens (tertiary/aromatic N) is 6. The lowest BCUT2D eigenvalue weighted by atomic mass is 10.2. The van der Waals surface area contributed by atoms with E-state index in [0.717, 1.165) is 116 Å². The van der Waals surface area contributed by atoms with E-state index in [1.54, 1.807) is 0 Å². The molecule has 0 radical (unpaired) electrons. The smallest absolute Gasteiger partial charge is 0.138 e. The highest BCUT2D eigenvalue weighted by Gasteiger charge is 2.50. The molecule has 2 atom stereocenters. The van der Waals surface area contributed by atoms with Crippen molar-refractivity contribution < 1.29 is 14.4 Å². The molecular weight excluding hydrogens is 549 g/mol. The molecule has 2 unspecified atom stereocenters. The Morgan fingerprint density at radius 1 is 0.459 bits per heavy atom. The zero-order valence-corrected chi connectivity index (χ0v) is 25.4. The van der Waals surface area contributed by atoms with Crippen molar-refractivity contribution in [2.45, 2.75) is 9.99 Å². The Morgan fingerprint density at radius 3 is 1.24 bits per heavy atom. The van der Waals surface area contributed by atoms with E-state index in [4.69, 9.17) is 14.4 Å². The SMILES string of the molecule is C1CN(C2(N3CCSCC3)CN(ON3CCSC(N4CCOCC4)(N4CCSCC4)C3)CCS2)CCO1. The van der Waals surface area contributed by atoms with E-state index in [1.165, 1.54) is 23.0 Å². The summed E-state index contributed by atoms with van der Waals surface area (Å²) in [5.74, 6) is 7.11. The summed E-state index contributed by atoms with van der Waals surface area (Å²) in [7, 11) is 0. The average Bonchev–Trinajstić information content (AvgIpc) is 2.99. The number of hydrogen-bond acceptors (Lipinski definition) is 13. The third kappa shape index (κ3) is 6.29. The Labute approximate surface area is 239 Å². The van der Waals surface area contributed by atoms with Crippen molar-refractivity contribution in [1.29, 1.82) is 0 Å². The molecular formula is C24H44N6O3S4. The molecule has 0 bridgehead atoms. The summed E-state index contributed by atoms with van der Waals surface area (Å²) in [6.45, 7) is 15.9. The van der Waals surface area contributed by atoms with Crippen molar-refractivity contribution in [2.24, 2.45) is 0 Å². The Bertz CT molecular complexity index is 627. The lowest BCUT2D eigenvalue weighted by Crippen LogP contribution is -2.71. The molecule has 0 saturated carbocycles. The summed E-state index contributed by atoms with van der Waals surface area (Å²) in [4.78, 5) is 17.7. The van der Waals surface area contributed by atoms with Gasteiger partial charge in [0, 0.05) is 100.0 Å². The summed E-state index contributed by atoms with van der Waals surface area (Å²) in [5, 5.41) is 4.61. The molecule has 13 heteroatoms. The van der Waals surface area contributed by atoms with Gasteiger partial charge in [0.15, 0.2) is 0 Å². The van der Waals surface area contributed by atoms with Crippen LogP contribution >= 0.6 is 47.0 Å². The maximum absolute atomic E-state index is 6.87. The Morgan fingerprint density at radius 2 is 0.838 bits per heavy atom. The van der Waals surface area contributed by atoms with E-state index in [9.17, 15) is 0 Å². The fourth-order valence-electron chi connectivity index (χ4n) is 6.45. The quantitative estimate of drug-likeness (QED) is 0.441. The first-order valence-corrected chi connectivity index (χ1v) is 18.3. The molecule has 0 aromatic heterocycles. The van der Waals surface area contributed by atoms with Gasteiger partial charge in [-0.05, 0) is 0 Å². The monoisotopic (exact) mass is 592 g/mol. The van der Waals surface area contributed by atoms with Crippen molar-refractivity contribution in [3.05, 3.63) is 0 Å². The second-order valence-corrected chi connectivity index (χ2v) is 15.5. The van der Waals surface area contributed by atoms with Gasteiger partial charge in [-0.3, -0.25) is 19.6 Å². The summed E-state index contributed by atoms with van der Waals surface area (Å²) in [6, 6.07) is 0. The Hall–Kier alpha value is 1.04. The molecule has 0 aromatic rings. The van der Waals surface area contributed by atoms with Crippen molar-refractivity contribution in [3.63, 3.8) is 0 Å². The van der Waals surface area contributed by atoms with Crippen LogP contribution in [-0.2, 0) is 14.4 Å². The molecule has 37 heavy (non-hydrogen) atoms. The van der Waals surface area contributed by atoms with Crippen LogP contribution < -0.4 is 0 Å². The molecule has 6 fully saturated rings. The van der Waals surface area contributed by atoms with Crippen LogP contribution in [0.25, 0.3) is 0 Å². The Kier molecular flexibility index (Phi) is 10.2. The first kappa shape index (κ1) is 28.2. The first-order valence-electron chi connectivity index (χ1n) is 14.1. The molecule has 0 spiro atoms. The predicted octanol–water partition coefficient (Wildman–Crippen LogP) is 1.00. The van der Waals surface area contributed by atoms with Gasteiger partial charge in [-0.1, -0.05) is 0 Å². The maximum Gasteiger partial charge on any atom is 0.138 e. The third-order valence-electron chi connectivity index (χ3n) is 8.36. The number of thioether (sulfide) groups is 4. The molecule has 0 aliphatic carbocycles. The van der Waals surface area contributed by atoms with Gasteiger partial charge in [-0.25, -0.2) is 4.94 Å². The third-order valence-corrected chi connectivity index (χ3v) is 13.2. The van der Waals surface area contributed by atoms with Crippen LogP contribution in [0.5, 0.6) is 0 Å². The van der Waals surface area contributed by atoms with Gasteiger partial charge < -0.3 is 9.47 Å². The predicted molar refractivity (Wildman–Crippen MR) is 157 cm³/mol. The molecule has 9 nitrogen and oxygen atoms in total. The van der Waals surface area contributed by atoms with E-state index in [0.29, 0.717) is 0 Å². The van der Waals surface area contributed by atoms with Crippen LogP contribution in [0.2, 0.25) is 0 Å². The fourth-order valence-corrected chi connectivity index (χ4v) is 11.4. The molecule has 0 amide bonds. The van der Waals surface area contributed by atoms with Gasteiger partial charge in [0.05, 0.1) is 39.5 Å². The maximum atomic E-state index is 6.87. The minimum atomic E-state index is -0.0149. The van der Waals surface area contributed by atoms with Crippen LogP contribution in [0.1, 0.15) is 0 Å². The van der Waals surface area contributed by atoms with Crippen LogP contribution in [0.15, 0.2) is 0 Å². The fraction of sp³-hybridized carbons (Fsp3) is 1.00. The molecule has 6 aliphatic rings. The van der Waals surface area contributed by atoms with E-state index in [1.807, 2.05) is 0 Å². The molecule has 0 N–H and O–H groups in total. The zero-order chi connectivity index (χ0) is 25.0. The molecule has 212 valence electrons. The van der Waals surface area contributed by atoms with Crippen LogP contribution in [0.3, 0.4) is 0 Å². The van der Waals surface area contributed by atoms with E-state index < -0.39 is 0 Å². The van der Waals surface area contributed by atoms with Gasteiger partial charge in [0.25, 0.3) is 0 Å². The Balaban J connectivity index is 1.18.